The molecule has 0 bridgehead atoms. The first-order valence-corrected chi connectivity index (χ1v) is 13.8. The van der Waals surface area contributed by atoms with Gasteiger partial charge in [0.25, 0.3) is 5.91 Å². The number of aromatic amines is 1. The van der Waals surface area contributed by atoms with E-state index in [2.05, 4.69) is 15.6 Å². The number of amides is 3. The fourth-order valence-corrected chi connectivity index (χ4v) is 4.81. The lowest BCUT2D eigenvalue weighted by Gasteiger charge is -2.28. The number of ether oxygens (including phenoxy) is 2. The average molecular weight is 581 g/mol. The van der Waals surface area contributed by atoms with Gasteiger partial charge in [-0.25, -0.2) is 14.0 Å². The molecule has 1 aliphatic rings. The van der Waals surface area contributed by atoms with Gasteiger partial charge in [-0.05, 0) is 65.3 Å². The molecule has 1 aliphatic heterocycles. The second-order valence-electron chi connectivity index (χ2n) is 12.3. The predicted molar refractivity (Wildman–Crippen MR) is 155 cm³/mol. The van der Waals surface area contributed by atoms with Crippen molar-refractivity contribution in [3.8, 4) is 11.1 Å². The van der Waals surface area contributed by atoms with Gasteiger partial charge in [0.1, 0.15) is 28.8 Å². The largest absolute Gasteiger partial charge is 0.444 e. The topological polar surface area (TPSA) is 130 Å². The van der Waals surface area contributed by atoms with Gasteiger partial charge in [-0.2, -0.15) is 0 Å². The van der Waals surface area contributed by atoms with E-state index in [-0.39, 0.29) is 31.1 Å². The molecule has 11 heteroatoms. The third-order valence-electron chi connectivity index (χ3n) is 6.57. The number of fused-ring (bicyclic) bond motifs is 1. The Hall–Kier alpha value is -4.41. The highest BCUT2D eigenvalue weighted by atomic mass is 19.1. The van der Waals surface area contributed by atoms with E-state index in [1.165, 1.54) is 17.0 Å². The van der Waals surface area contributed by atoms with Gasteiger partial charge in [-0.1, -0.05) is 30.3 Å². The van der Waals surface area contributed by atoms with Gasteiger partial charge < -0.3 is 25.1 Å². The molecular formula is C31H37FN4O6. The van der Waals surface area contributed by atoms with E-state index in [1.807, 2.05) is 24.3 Å². The number of likely N-dealkylation sites (tertiary alicyclic amines) is 1. The summed E-state index contributed by atoms with van der Waals surface area (Å²) in [5.74, 6) is -1.96. The third kappa shape index (κ3) is 7.26. The van der Waals surface area contributed by atoms with E-state index in [1.54, 1.807) is 53.7 Å². The number of carbonyl (C=O) groups is 4. The highest BCUT2D eigenvalue weighted by Crippen LogP contribution is 2.33. The highest BCUT2D eigenvalue weighted by molar-refractivity contribution is 6.10. The molecule has 224 valence electrons. The molecule has 0 aliphatic carbocycles. The number of aromatic nitrogens is 1. The Morgan fingerprint density at radius 1 is 0.929 bits per heavy atom. The third-order valence-corrected chi connectivity index (χ3v) is 6.57. The van der Waals surface area contributed by atoms with Crippen molar-refractivity contribution < 1.29 is 33.0 Å². The van der Waals surface area contributed by atoms with Crippen LogP contribution in [0.15, 0.2) is 48.5 Å². The van der Waals surface area contributed by atoms with Crippen molar-refractivity contribution >= 4 is 34.8 Å². The van der Waals surface area contributed by atoms with E-state index in [0.29, 0.717) is 16.6 Å². The molecule has 3 N–H and O–H groups in total. The summed E-state index contributed by atoms with van der Waals surface area (Å²) >= 11 is 0. The van der Waals surface area contributed by atoms with E-state index < -0.39 is 47.1 Å². The summed E-state index contributed by atoms with van der Waals surface area (Å²) in [5, 5.41) is 6.16. The zero-order valence-corrected chi connectivity index (χ0v) is 24.7. The van der Waals surface area contributed by atoms with E-state index in [0.717, 1.165) is 5.39 Å². The summed E-state index contributed by atoms with van der Waals surface area (Å²) < 4.78 is 24.4. The molecule has 0 radical (unpaired) electrons. The molecule has 3 aromatic rings. The highest BCUT2D eigenvalue weighted by Gasteiger charge is 2.44. The molecule has 2 heterocycles. The maximum absolute atomic E-state index is 13.6. The first-order valence-electron chi connectivity index (χ1n) is 13.8. The van der Waals surface area contributed by atoms with Crippen molar-refractivity contribution in [2.75, 3.05) is 19.6 Å². The number of rotatable bonds is 6. The monoisotopic (exact) mass is 580 g/mol. The van der Waals surface area contributed by atoms with Crippen LogP contribution in [0.25, 0.3) is 22.0 Å². The molecule has 42 heavy (non-hydrogen) atoms. The number of Topliss-reactive ketones (excluding diaryl/α,β-unsaturated/α-hetero) is 1. The molecule has 0 unspecified atom stereocenters. The smallest absolute Gasteiger partial charge is 0.410 e. The number of H-pyrrole nitrogens is 1. The number of nitrogens with one attached hydrogen (secondary N) is 3. The second-order valence-corrected chi connectivity index (χ2v) is 12.3. The lowest BCUT2D eigenvalue weighted by Crippen LogP contribution is -2.47. The van der Waals surface area contributed by atoms with Crippen molar-refractivity contribution in [2.45, 2.75) is 58.8 Å². The van der Waals surface area contributed by atoms with Crippen molar-refractivity contribution in [3.05, 3.63) is 60.0 Å². The van der Waals surface area contributed by atoms with Gasteiger partial charge >= 0.3 is 12.2 Å². The Bertz CT molecular complexity index is 1490. The van der Waals surface area contributed by atoms with Crippen molar-refractivity contribution in [3.63, 3.8) is 0 Å². The van der Waals surface area contributed by atoms with Crippen LogP contribution in [-0.2, 0) is 14.3 Å². The fraction of sp³-hybridized carbons (Fsp3) is 0.419. The molecule has 0 spiro atoms. The molecule has 1 fully saturated rings. The minimum atomic E-state index is -1.02. The Balaban J connectivity index is 1.55. The van der Waals surface area contributed by atoms with Crippen LogP contribution in [0.1, 0.15) is 52.0 Å². The summed E-state index contributed by atoms with van der Waals surface area (Å²) in [5.41, 5.74) is 0.649. The van der Waals surface area contributed by atoms with Gasteiger partial charge in [0.05, 0.1) is 5.92 Å². The molecule has 4 rings (SSSR count). The Labute approximate surface area is 243 Å². The Morgan fingerprint density at radius 2 is 1.57 bits per heavy atom. The summed E-state index contributed by atoms with van der Waals surface area (Å²) in [6, 6.07) is 12.2. The maximum Gasteiger partial charge on any atom is 0.410 e. The maximum atomic E-state index is 13.6. The number of carbonyl (C=O) groups excluding carboxylic acids is 4. The number of benzene rings is 2. The SMILES string of the molecule is CC(C)(C)OC(=O)NC[C@H]1CN(C(=O)OC(C)(C)C)[C@H](CNC(=O)c2[nH]c3ccccc3c2-c2ccc(F)cc2)C1=O. The number of para-hydroxylation sites is 1. The van der Waals surface area contributed by atoms with E-state index in [9.17, 15) is 23.6 Å². The van der Waals surface area contributed by atoms with Gasteiger partial charge in [-0.15, -0.1) is 0 Å². The Kier molecular flexibility index (Phi) is 8.60. The summed E-state index contributed by atoms with van der Waals surface area (Å²) in [4.78, 5) is 56.7. The first-order chi connectivity index (χ1) is 19.6. The van der Waals surface area contributed by atoms with Crippen LogP contribution in [0.2, 0.25) is 0 Å². The number of nitrogens with zero attached hydrogens (tertiary/aromatic N) is 1. The zero-order valence-electron chi connectivity index (χ0n) is 24.7. The van der Waals surface area contributed by atoms with Crippen molar-refractivity contribution in [2.24, 2.45) is 5.92 Å². The van der Waals surface area contributed by atoms with Crippen LogP contribution in [0.5, 0.6) is 0 Å². The summed E-state index contributed by atoms with van der Waals surface area (Å²) in [7, 11) is 0. The molecule has 2 atom stereocenters. The first kappa shape index (κ1) is 30.5. The lowest BCUT2D eigenvalue weighted by atomic mass is 10.0. The molecule has 2 aromatic carbocycles. The number of ketones is 1. The van der Waals surface area contributed by atoms with Gasteiger partial charge in [0.15, 0.2) is 5.78 Å². The standard InChI is InChI=1S/C31H37FN4O6/c1-30(2,3)41-28(39)34-15-19-17-36(29(40)42-31(4,5)6)23(26(19)37)16-33-27(38)25-24(18-11-13-20(32)14-12-18)21-9-7-8-10-22(21)35-25/h7-14,19,23,35H,15-17H2,1-6H3,(H,33,38)(H,34,39)/t19-,23+/m0/s1. The van der Waals surface area contributed by atoms with Crippen LogP contribution in [0, 0.1) is 11.7 Å². The average Bonchev–Trinajstić information content (AvgIpc) is 3.42. The number of hydrogen-bond acceptors (Lipinski definition) is 6. The van der Waals surface area contributed by atoms with Crippen LogP contribution >= 0.6 is 0 Å². The normalized spacial score (nSPS) is 17.3. The number of hydrogen-bond donors (Lipinski definition) is 3. The second kappa shape index (κ2) is 11.8. The lowest BCUT2D eigenvalue weighted by molar-refractivity contribution is -0.122. The van der Waals surface area contributed by atoms with Gasteiger partial charge in [0, 0.05) is 36.1 Å². The van der Waals surface area contributed by atoms with Crippen LogP contribution in [0.3, 0.4) is 0 Å². The van der Waals surface area contributed by atoms with Crippen molar-refractivity contribution in [1.82, 2.24) is 20.5 Å². The van der Waals surface area contributed by atoms with Crippen LogP contribution in [-0.4, -0.2) is 70.6 Å². The molecule has 1 aromatic heterocycles. The van der Waals surface area contributed by atoms with Crippen LogP contribution < -0.4 is 10.6 Å². The number of alkyl carbamates (subject to hydrolysis) is 1. The molecular weight excluding hydrogens is 543 g/mol. The zero-order chi connectivity index (χ0) is 30.8. The Morgan fingerprint density at radius 3 is 2.21 bits per heavy atom. The summed E-state index contributed by atoms with van der Waals surface area (Å²) in [6.07, 6.45) is -1.38. The van der Waals surface area contributed by atoms with Crippen molar-refractivity contribution in [1.29, 1.82) is 0 Å². The predicted octanol–water partition coefficient (Wildman–Crippen LogP) is 5.03. The fourth-order valence-electron chi connectivity index (χ4n) is 4.81. The molecule has 3 amide bonds. The molecule has 10 nitrogen and oxygen atoms in total. The van der Waals surface area contributed by atoms with E-state index in [4.69, 9.17) is 9.47 Å². The summed E-state index contributed by atoms with van der Waals surface area (Å²) in [6.45, 7) is 10.1. The van der Waals surface area contributed by atoms with Gasteiger partial charge in [0.2, 0.25) is 0 Å². The van der Waals surface area contributed by atoms with Crippen LogP contribution in [0.4, 0.5) is 14.0 Å². The number of halogens is 1. The van der Waals surface area contributed by atoms with E-state index >= 15 is 0 Å². The minimum absolute atomic E-state index is 0.00268. The van der Waals surface area contributed by atoms with Gasteiger partial charge in [-0.3, -0.25) is 14.5 Å². The molecule has 1 saturated heterocycles. The minimum Gasteiger partial charge on any atom is -0.444 e. The molecule has 0 saturated carbocycles. The quantitative estimate of drug-likeness (QED) is 0.375.